The van der Waals surface area contributed by atoms with Gasteiger partial charge >= 0.3 is 0 Å². The molecule has 3 aromatic rings. The largest absolute Gasteiger partial charge is 0.342 e. The lowest BCUT2D eigenvalue weighted by Crippen LogP contribution is -2.36. The Morgan fingerprint density at radius 3 is 2.71 bits per heavy atom. The Morgan fingerprint density at radius 2 is 1.96 bits per heavy atom. The van der Waals surface area contributed by atoms with Crippen molar-refractivity contribution in [3.63, 3.8) is 0 Å². The number of piperidine rings is 1. The van der Waals surface area contributed by atoms with E-state index in [9.17, 15) is 9.59 Å². The van der Waals surface area contributed by atoms with Crippen LogP contribution in [0.3, 0.4) is 0 Å². The van der Waals surface area contributed by atoms with E-state index in [0.29, 0.717) is 16.2 Å². The number of H-pyrrole nitrogens is 1. The normalized spacial score (nSPS) is 14.6. The molecule has 0 saturated carbocycles. The van der Waals surface area contributed by atoms with E-state index in [2.05, 4.69) is 22.0 Å². The molecule has 1 N–H and O–H groups in total. The van der Waals surface area contributed by atoms with Gasteiger partial charge in [0.25, 0.3) is 5.56 Å². The Hall–Kier alpha value is -2.61. The van der Waals surface area contributed by atoms with Crippen molar-refractivity contribution in [1.82, 2.24) is 24.6 Å². The van der Waals surface area contributed by atoms with E-state index in [1.54, 1.807) is 4.68 Å². The summed E-state index contributed by atoms with van der Waals surface area (Å²) < 4.78 is 1.67. The Labute approximate surface area is 167 Å². The molecule has 0 atom stereocenters. The number of nitrogens with one attached hydrogen (secondary N) is 1. The van der Waals surface area contributed by atoms with E-state index in [1.165, 1.54) is 29.9 Å². The van der Waals surface area contributed by atoms with Crippen LogP contribution < -0.4 is 5.56 Å². The highest BCUT2D eigenvalue weighted by Gasteiger charge is 2.18. The first kappa shape index (κ1) is 18.7. The molecule has 1 saturated heterocycles. The molecule has 0 unspecified atom stereocenters. The van der Waals surface area contributed by atoms with Gasteiger partial charge in [-0.05, 0) is 56.4 Å². The molecule has 0 radical (unpaired) electrons. The van der Waals surface area contributed by atoms with Crippen LogP contribution in [0.4, 0.5) is 0 Å². The summed E-state index contributed by atoms with van der Waals surface area (Å²) in [5.74, 6) is 0.363. The van der Waals surface area contributed by atoms with Crippen LogP contribution >= 0.6 is 11.8 Å². The average molecular weight is 398 g/mol. The molecule has 1 fully saturated rings. The van der Waals surface area contributed by atoms with Crippen molar-refractivity contribution in [1.29, 1.82) is 0 Å². The second-order valence-electron chi connectivity index (χ2n) is 7.16. The molecule has 7 nitrogen and oxygen atoms in total. The predicted octanol–water partition coefficient (Wildman–Crippen LogP) is 2.83. The first-order chi connectivity index (χ1) is 13.5. The zero-order valence-electron chi connectivity index (χ0n) is 16.1. The SMILES string of the molecule is Cc1ccc(-n2ncc3c(=O)[nH]c(SCC(=O)N4CCCCC4)nc32)cc1C. The average Bonchev–Trinajstić information content (AvgIpc) is 3.13. The molecule has 2 aromatic heterocycles. The Bertz CT molecular complexity index is 1080. The summed E-state index contributed by atoms with van der Waals surface area (Å²) in [5.41, 5.74) is 3.45. The van der Waals surface area contributed by atoms with Crippen LogP contribution in [0.15, 0.2) is 34.3 Å². The Morgan fingerprint density at radius 1 is 1.18 bits per heavy atom. The van der Waals surface area contributed by atoms with Crippen LogP contribution in [-0.2, 0) is 4.79 Å². The van der Waals surface area contributed by atoms with Gasteiger partial charge in [0.05, 0.1) is 17.6 Å². The van der Waals surface area contributed by atoms with Gasteiger partial charge in [-0.25, -0.2) is 9.67 Å². The standard InChI is InChI=1S/C20H23N5O2S/c1-13-6-7-15(10-14(13)2)25-18-16(11-21-25)19(27)23-20(22-18)28-12-17(26)24-8-4-3-5-9-24/h6-7,10-11H,3-5,8-9,12H2,1-2H3,(H,22,23,27). The third kappa shape index (κ3) is 3.69. The van der Waals surface area contributed by atoms with E-state index in [4.69, 9.17) is 0 Å². The van der Waals surface area contributed by atoms with Gasteiger partial charge in [0.15, 0.2) is 10.8 Å². The summed E-state index contributed by atoms with van der Waals surface area (Å²) in [6.07, 6.45) is 4.84. The van der Waals surface area contributed by atoms with Crippen LogP contribution in [0.25, 0.3) is 16.7 Å². The summed E-state index contributed by atoms with van der Waals surface area (Å²) in [6, 6.07) is 6.01. The number of hydrogen-bond donors (Lipinski definition) is 1. The van der Waals surface area contributed by atoms with Crippen molar-refractivity contribution in [2.45, 2.75) is 38.3 Å². The van der Waals surface area contributed by atoms with Gasteiger partial charge in [-0.2, -0.15) is 5.10 Å². The van der Waals surface area contributed by atoms with Gasteiger partial charge in [0.1, 0.15) is 5.39 Å². The molecule has 28 heavy (non-hydrogen) atoms. The van der Waals surface area contributed by atoms with Crippen molar-refractivity contribution in [2.75, 3.05) is 18.8 Å². The minimum Gasteiger partial charge on any atom is -0.342 e. The Kier molecular flexibility index (Phi) is 5.21. The first-order valence-corrected chi connectivity index (χ1v) is 10.5. The second-order valence-corrected chi connectivity index (χ2v) is 8.13. The van der Waals surface area contributed by atoms with E-state index < -0.39 is 0 Å². The molecule has 146 valence electrons. The van der Waals surface area contributed by atoms with Crippen LogP contribution in [0.2, 0.25) is 0 Å². The maximum absolute atomic E-state index is 12.5. The summed E-state index contributed by atoms with van der Waals surface area (Å²) in [4.78, 5) is 34.1. The number of thioether (sulfide) groups is 1. The number of carbonyl (C=O) groups excluding carboxylic acids is 1. The third-order valence-electron chi connectivity index (χ3n) is 5.19. The maximum atomic E-state index is 12.5. The summed E-state index contributed by atoms with van der Waals surface area (Å²) >= 11 is 1.27. The predicted molar refractivity (Wildman–Crippen MR) is 110 cm³/mol. The van der Waals surface area contributed by atoms with Gasteiger partial charge < -0.3 is 9.88 Å². The molecule has 8 heteroatoms. The number of amides is 1. The number of rotatable bonds is 4. The van der Waals surface area contributed by atoms with Crippen molar-refractivity contribution in [3.05, 3.63) is 45.9 Å². The number of aromatic amines is 1. The minimum atomic E-state index is -0.243. The number of carbonyl (C=O) groups is 1. The van der Waals surface area contributed by atoms with Gasteiger partial charge in [-0.3, -0.25) is 9.59 Å². The number of fused-ring (bicyclic) bond motifs is 1. The molecule has 1 amide bonds. The number of benzene rings is 1. The molecule has 0 spiro atoms. The number of aromatic nitrogens is 4. The highest BCUT2D eigenvalue weighted by Crippen LogP contribution is 2.20. The van der Waals surface area contributed by atoms with E-state index >= 15 is 0 Å². The summed E-state index contributed by atoms with van der Waals surface area (Å²) in [7, 11) is 0. The lowest BCUT2D eigenvalue weighted by Gasteiger charge is -2.26. The van der Waals surface area contributed by atoms with Crippen molar-refractivity contribution >= 4 is 28.7 Å². The number of hydrogen-bond acceptors (Lipinski definition) is 5. The van der Waals surface area contributed by atoms with Crippen LogP contribution in [0, 0.1) is 13.8 Å². The fraction of sp³-hybridized carbons (Fsp3) is 0.400. The fourth-order valence-electron chi connectivity index (χ4n) is 3.38. The van der Waals surface area contributed by atoms with Crippen LogP contribution in [0.5, 0.6) is 0 Å². The fourth-order valence-corrected chi connectivity index (χ4v) is 4.14. The zero-order valence-corrected chi connectivity index (χ0v) is 16.9. The molecule has 1 aliphatic rings. The van der Waals surface area contributed by atoms with Crippen molar-refractivity contribution < 1.29 is 4.79 Å². The number of likely N-dealkylation sites (tertiary alicyclic amines) is 1. The molecule has 0 aliphatic carbocycles. The molecule has 4 rings (SSSR count). The third-order valence-corrected chi connectivity index (χ3v) is 6.05. The molecule has 1 aromatic carbocycles. The molecular formula is C20H23N5O2S. The molecule has 3 heterocycles. The van der Waals surface area contributed by atoms with Gasteiger partial charge in [0, 0.05) is 13.1 Å². The lowest BCUT2D eigenvalue weighted by molar-refractivity contribution is -0.129. The van der Waals surface area contributed by atoms with Crippen LogP contribution in [-0.4, -0.2) is 49.4 Å². The van der Waals surface area contributed by atoms with Crippen molar-refractivity contribution in [2.24, 2.45) is 0 Å². The minimum absolute atomic E-state index is 0.0927. The highest BCUT2D eigenvalue weighted by molar-refractivity contribution is 7.99. The smallest absolute Gasteiger partial charge is 0.262 e. The first-order valence-electron chi connectivity index (χ1n) is 9.49. The van der Waals surface area contributed by atoms with E-state index in [1.807, 2.05) is 30.0 Å². The molecule has 1 aliphatic heterocycles. The quantitative estimate of drug-likeness (QED) is 0.541. The van der Waals surface area contributed by atoms with Crippen molar-refractivity contribution in [3.8, 4) is 5.69 Å². The number of aryl methyl sites for hydroxylation is 2. The monoisotopic (exact) mass is 397 g/mol. The highest BCUT2D eigenvalue weighted by atomic mass is 32.2. The van der Waals surface area contributed by atoms with Gasteiger partial charge in [-0.1, -0.05) is 17.8 Å². The topological polar surface area (TPSA) is 83.9 Å². The second kappa shape index (κ2) is 7.79. The van der Waals surface area contributed by atoms with Crippen LogP contribution in [0.1, 0.15) is 30.4 Å². The zero-order chi connectivity index (χ0) is 19.7. The molecular weight excluding hydrogens is 374 g/mol. The Balaban J connectivity index is 1.60. The van der Waals surface area contributed by atoms with E-state index in [0.717, 1.165) is 37.2 Å². The molecule has 0 bridgehead atoms. The van der Waals surface area contributed by atoms with E-state index in [-0.39, 0.29) is 17.2 Å². The summed E-state index contributed by atoms with van der Waals surface area (Å²) in [5, 5.41) is 5.23. The van der Waals surface area contributed by atoms with Gasteiger partial charge in [0.2, 0.25) is 5.91 Å². The maximum Gasteiger partial charge on any atom is 0.262 e. The summed E-state index contributed by atoms with van der Waals surface area (Å²) in [6.45, 7) is 5.74. The number of nitrogens with zero attached hydrogens (tertiary/aromatic N) is 4. The van der Waals surface area contributed by atoms with Gasteiger partial charge in [-0.15, -0.1) is 0 Å². The lowest BCUT2D eigenvalue weighted by atomic mass is 10.1.